The third-order valence-electron chi connectivity index (χ3n) is 1.19. The van der Waals surface area contributed by atoms with Crippen LogP contribution in [0.15, 0.2) is 0 Å². The molecule has 2 heteroatoms. The highest BCUT2D eigenvalue weighted by Gasteiger charge is 2.18. The fourth-order valence-electron chi connectivity index (χ4n) is 0.769. The monoisotopic (exact) mass is 118 g/mol. The molecule has 7 heavy (non-hydrogen) atoms. The summed E-state index contributed by atoms with van der Waals surface area (Å²) < 4.78 is 0. The number of hydrogen-bond donors (Lipinski definition) is 0. The molecule has 1 saturated carbocycles. The van der Waals surface area contributed by atoms with Crippen molar-refractivity contribution in [3.05, 3.63) is 0 Å². The zero-order valence-electron chi connectivity index (χ0n) is 3.98. The van der Waals surface area contributed by atoms with Crippen molar-refractivity contribution in [1.29, 1.82) is 0 Å². The van der Waals surface area contributed by atoms with Crippen molar-refractivity contribution < 1.29 is 4.79 Å². The van der Waals surface area contributed by atoms with Crippen LogP contribution in [-0.2, 0) is 4.79 Å². The lowest BCUT2D eigenvalue weighted by Gasteiger charge is -1.86. The first-order valence-corrected chi connectivity index (χ1v) is 2.88. The number of alkyl halides is 1. The molecule has 0 aliphatic heterocycles. The molecule has 0 saturated heterocycles. The van der Waals surface area contributed by atoms with Crippen LogP contribution in [0, 0.1) is 0 Å². The third kappa shape index (κ3) is 1.16. The smallest absolute Gasteiger partial charge is 0.134 e. The van der Waals surface area contributed by atoms with Gasteiger partial charge in [0.25, 0.3) is 0 Å². The first-order chi connectivity index (χ1) is 3.29. The van der Waals surface area contributed by atoms with E-state index in [1.54, 1.807) is 0 Å². The van der Waals surface area contributed by atoms with E-state index in [9.17, 15) is 4.79 Å². The van der Waals surface area contributed by atoms with Crippen molar-refractivity contribution in [3.63, 3.8) is 0 Å². The summed E-state index contributed by atoms with van der Waals surface area (Å²) in [7, 11) is 0. The van der Waals surface area contributed by atoms with Gasteiger partial charge in [-0.15, -0.1) is 11.6 Å². The molecule has 1 fully saturated rings. The molecule has 0 amide bonds. The molecule has 1 nitrogen and oxygen atoms in total. The molecule has 0 heterocycles. The normalized spacial score (nSPS) is 31.6. The second-order valence-electron chi connectivity index (χ2n) is 1.88. The predicted octanol–water partition coefficient (Wildman–Crippen LogP) is 1.35. The number of ketones is 1. The molecular weight excluding hydrogens is 112 g/mol. The zero-order chi connectivity index (χ0) is 5.28. The van der Waals surface area contributed by atoms with Crippen LogP contribution in [0.5, 0.6) is 0 Å². The minimum atomic E-state index is 0.146. The van der Waals surface area contributed by atoms with E-state index in [4.69, 9.17) is 11.6 Å². The Morgan fingerprint density at radius 2 is 2.43 bits per heavy atom. The molecule has 0 radical (unpaired) electrons. The van der Waals surface area contributed by atoms with E-state index in [0.717, 1.165) is 6.42 Å². The first kappa shape index (κ1) is 5.10. The number of Topliss-reactive ketones (excluding diaryl/α,β-unsaturated/α-hetero) is 1. The van der Waals surface area contributed by atoms with Crippen molar-refractivity contribution in [3.8, 4) is 0 Å². The minimum Gasteiger partial charge on any atom is -0.300 e. The standard InChI is InChI=1S/C5H7ClO/c6-4-1-2-5(7)3-4/h4H,1-3H2. The number of hydrogen-bond acceptors (Lipinski definition) is 1. The maximum Gasteiger partial charge on any atom is 0.134 e. The van der Waals surface area contributed by atoms with Crippen LogP contribution in [0.4, 0.5) is 0 Å². The lowest BCUT2D eigenvalue weighted by molar-refractivity contribution is -0.117. The molecule has 0 aromatic carbocycles. The molecule has 0 spiro atoms. The molecule has 1 unspecified atom stereocenters. The van der Waals surface area contributed by atoms with Gasteiger partial charge < -0.3 is 0 Å². The van der Waals surface area contributed by atoms with Gasteiger partial charge in [0.2, 0.25) is 0 Å². The van der Waals surface area contributed by atoms with Crippen LogP contribution in [-0.4, -0.2) is 11.2 Å². The summed E-state index contributed by atoms with van der Waals surface area (Å²) in [6.07, 6.45) is 2.19. The van der Waals surface area contributed by atoms with E-state index < -0.39 is 0 Å². The molecule has 0 N–H and O–H groups in total. The van der Waals surface area contributed by atoms with E-state index in [1.807, 2.05) is 0 Å². The average molecular weight is 119 g/mol. The predicted molar refractivity (Wildman–Crippen MR) is 28.5 cm³/mol. The second kappa shape index (κ2) is 1.83. The van der Waals surface area contributed by atoms with Gasteiger partial charge in [-0.2, -0.15) is 0 Å². The van der Waals surface area contributed by atoms with Crippen molar-refractivity contribution in [2.45, 2.75) is 24.6 Å². The van der Waals surface area contributed by atoms with Crippen LogP contribution < -0.4 is 0 Å². The highest BCUT2D eigenvalue weighted by molar-refractivity contribution is 6.22. The molecular formula is C5H7ClO. The molecule has 0 bridgehead atoms. The van der Waals surface area contributed by atoms with Crippen LogP contribution in [0.25, 0.3) is 0 Å². The summed E-state index contributed by atoms with van der Waals surface area (Å²) in [6, 6.07) is 0. The summed E-state index contributed by atoms with van der Waals surface area (Å²) in [4.78, 5) is 10.4. The van der Waals surface area contributed by atoms with Crippen LogP contribution >= 0.6 is 11.6 Å². The van der Waals surface area contributed by atoms with E-state index in [2.05, 4.69) is 0 Å². The van der Waals surface area contributed by atoms with Gasteiger partial charge in [0.15, 0.2) is 0 Å². The van der Waals surface area contributed by atoms with E-state index in [0.29, 0.717) is 18.6 Å². The number of carbonyl (C=O) groups excluding carboxylic acids is 1. The fraction of sp³-hybridized carbons (Fsp3) is 0.800. The molecule has 0 aromatic rings. The molecule has 1 atom stereocenters. The summed E-state index contributed by atoms with van der Waals surface area (Å²) in [5, 5.41) is 0.146. The summed E-state index contributed by atoms with van der Waals surface area (Å²) in [5.74, 6) is 0.319. The minimum absolute atomic E-state index is 0.146. The van der Waals surface area contributed by atoms with E-state index >= 15 is 0 Å². The Hall–Kier alpha value is -0.0400. The molecule has 0 aromatic heterocycles. The van der Waals surface area contributed by atoms with Crippen molar-refractivity contribution >= 4 is 17.4 Å². The molecule has 1 rings (SSSR count). The Labute approximate surface area is 47.7 Å². The Bertz CT molecular complexity index is 90.1. The topological polar surface area (TPSA) is 17.1 Å². The molecule has 40 valence electrons. The van der Waals surface area contributed by atoms with Gasteiger partial charge in [-0.3, -0.25) is 4.79 Å². The largest absolute Gasteiger partial charge is 0.300 e. The third-order valence-corrected chi connectivity index (χ3v) is 1.56. The van der Waals surface area contributed by atoms with Crippen LogP contribution in [0.2, 0.25) is 0 Å². The SMILES string of the molecule is O=C1CCC(Cl)C1. The quantitative estimate of drug-likeness (QED) is 0.439. The summed E-state index contributed by atoms with van der Waals surface area (Å²) in [6.45, 7) is 0. The van der Waals surface area contributed by atoms with Crippen molar-refractivity contribution in [2.24, 2.45) is 0 Å². The number of halogens is 1. The molecule has 1 aliphatic carbocycles. The van der Waals surface area contributed by atoms with Gasteiger partial charge in [-0.25, -0.2) is 0 Å². The van der Waals surface area contributed by atoms with Gasteiger partial charge in [0, 0.05) is 18.2 Å². The maximum atomic E-state index is 10.4. The van der Waals surface area contributed by atoms with Crippen LogP contribution in [0.3, 0.4) is 0 Å². The molecule has 1 aliphatic rings. The highest BCUT2D eigenvalue weighted by atomic mass is 35.5. The average Bonchev–Trinajstić information content (AvgIpc) is 1.87. The second-order valence-corrected chi connectivity index (χ2v) is 2.50. The highest BCUT2D eigenvalue weighted by Crippen LogP contribution is 2.19. The lowest BCUT2D eigenvalue weighted by atomic mass is 10.4. The zero-order valence-corrected chi connectivity index (χ0v) is 4.74. The van der Waals surface area contributed by atoms with Gasteiger partial charge >= 0.3 is 0 Å². The Balaban J connectivity index is 2.40. The van der Waals surface area contributed by atoms with Gasteiger partial charge in [0.1, 0.15) is 5.78 Å². The summed E-state index contributed by atoms with van der Waals surface area (Å²) in [5.41, 5.74) is 0. The Morgan fingerprint density at radius 1 is 1.71 bits per heavy atom. The van der Waals surface area contributed by atoms with Gasteiger partial charge in [0.05, 0.1) is 0 Å². The number of carbonyl (C=O) groups is 1. The van der Waals surface area contributed by atoms with E-state index in [-0.39, 0.29) is 5.38 Å². The maximum absolute atomic E-state index is 10.4. The van der Waals surface area contributed by atoms with Gasteiger partial charge in [-0.1, -0.05) is 0 Å². The van der Waals surface area contributed by atoms with Crippen molar-refractivity contribution in [2.75, 3.05) is 0 Å². The van der Waals surface area contributed by atoms with Crippen LogP contribution in [0.1, 0.15) is 19.3 Å². The lowest BCUT2D eigenvalue weighted by Crippen LogP contribution is -1.89. The van der Waals surface area contributed by atoms with Crippen molar-refractivity contribution in [1.82, 2.24) is 0 Å². The Kier molecular flexibility index (Phi) is 1.33. The van der Waals surface area contributed by atoms with E-state index in [1.165, 1.54) is 0 Å². The fourth-order valence-corrected chi connectivity index (χ4v) is 1.05. The van der Waals surface area contributed by atoms with Gasteiger partial charge in [-0.05, 0) is 6.42 Å². The first-order valence-electron chi connectivity index (χ1n) is 2.45. The Morgan fingerprint density at radius 3 is 2.57 bits per heavy atom. The summed E-state index contributed by atoms with van der Waals surface area (Å²) >= 11 is 5.59. The number of rotatable bonds is 0.